The molecule has 0 radical (unpaired) electrons. The molecule has 0 saturated carbocycles. The smallest absolute Gasteiger partial charge is 0.340 e. The van der Waals surface area contributed by atoms with Gasteiger partial charge in [0.2, 0.25) is 5.95 Å². The van der Waals surface area contributed by atoms with Gasteiger partial charge >= 0.3 is 6.18 Å². The predicted molar refractivity (Wildman–Crippen MR) is 124 cm³/mol. The summed E-state index contributed by atoms with van der Waals surface area (Å²) in [5.74, 6) is 0.741. The molecule has 1 atom stereocenters. The highest BCUT2D eigenvalue weighted by Gasteiger charge is 2.35. The highest BCUT2D eigenvalue weighted by Crippen LogP contribution is 2.35. The summed E-state index contributed by atoms with van der Waals surface area (Å²) in [6, 6.07) is 15.1. The van der Waals surface area contributed by atoms with E-state index >= 15 is 0 Å². The maximum absolute atomic E-state index is 13.5. The number of hydrogen-bond donors (Lipinski definition) is 2. The van der Waals surface area contributed by atoms with E-state index in [0.717, 1.165) is 24.6 Å². The molecule has 0 fully saturated rings. The van der Waals surface area contributed by atoms with Crippen LogP contribution in [-0.2, 0) is 12.6 Å². The van der Waals surface area contributed by atoms with Gasteiger partial charge < -0.3 is 10.6 Å². The van der Waals surface area contributed by atoms with Crippen molar-refractivity contribution in [2.24, 2.45) is 5.92 Å². The Balaban J connectivity index is 1.83. The molecule has 0 aliphatic carbocycles. The number of rotatable bonds is 8. The van der Waals surface area contributed by atoms with Crippen LogP contribution in [0.1, 0.15) is 56.7 Å². The van der Waals surface area contributed by atoms with Crippen molar-refractivity contribution in [3.8, 4) is 0 Å². The van der Waals surface area contributed by atoms with Crippen molar-refractivity contribution in [1.29, 1.82) is 0 Å². The Bertz CT molecular complexity index is 1010. The fourth-order valence-corrected chi connectivity index (χ4v) is 3.34. The standard InChI is InChI=1S/C25H29F3N4/c1-5-17(4)19-8-12-21(13-9-19)31-24-29-15-22(25(26,27)28)23(32-24)30-20-10-6-18(7-11-20)14-16(2)3/h6-13,15-17H,5,14H2,1-4H3,(H2,29,30,31,32). The number of benzene rings is 2. The van der Waals surface area contributed by atoms with Gasteiger partial charge in [-0.2, -0.15) is 18.2 Å². The summed E-state index contributed by atoms with van der Waals surface area (Å²) < 4.78 is 40.6. The van der Waals surface area contributed by atoms with Crippen molar-refractivity contribution in [2.75, 3.05) is 10.6 Å². The monoisotopic (exact) mass is 442 g/mol. The first-order valence-electron chi connectivity index (χ1n) is 10.8. The summed E-state index contributed by atoms with van der Waals surface area (Å²) in [6.45, 7) is 8.51. The first-order chi connectivity index (χ1) is 15.2. The molecule has 3 rings (SSSR count). The van der Waals surface area contributed by atoms with E-state index < -0.39 is 11.7 Å². The average molecular weight is 443 g/mol. The summed E-state index contributed by atoms with van der Waals surface area (Å²) >= 11 is 0. The first-order valence-corrected chi connectivity index (χ1v) is 10.8. The van der Waals surface area contributed by atoms with Crippen molar-refractivity contribution in [3.05, 3.63) is 71.4 Å². The molecule has 2 N–H and O–H groups in total. The van der Waals surface area contributed by atoms with Crippen LogP contribution in [0, 0.1) is 5.92 Å². The molecule has 0 bridgehead atoms. The van der Waals surface area contributed by atoms with Gasteiger partial charge in [-0.15, -0.1) is 0 Å². The third-order valence-corrected chi connectivity index (χ3v) is 5.30. The molecule has 1 unspecified atom stereocenters. The van der Waals surface area contributed by atoms with Crippen LogP contribution in [0.15, 0.2) is 54.7 Å². The van der Waals surface area contributed by atoms with Crippen LogP contribution in [0.3, 0.4) is 0 Å². The molecule has 0 saturated heterocycles. The molecule has 4 nitrogen and oxygen atoms in total. The van der Waals surface area contributed by atoms with E-state index in [-0.39, 0.29) is 11.8 Å². The summed E-state index contributed by atoms with van der Waals surface area (Å²) in [5, 5.41) is 5.80. The topological polar surface area (TPSA) is 49.8 Å². The van der Waals surface area contributed by atoms with Gasteiger partial charge in [0.15, 0.2) is 0 Å². The minimum atomic E-state index is -4.57. The molecular formula is C25H29F3N4. The van der Waals surface area contributed by atoms with E-state index in [2.05, 4.69) is 48.3 Å². The van der Waals surface area contributed by atoms with Crippen LogP contribution < -0.4 is 10.6 Å². The zero-order valence-electron chi connectivity index (χ0n) is 18.8. The SMILES string of the molecule is CCC(C)c1ccc(Nc2ncc(C(F)(F)F)c(Nc3ccc(CC(C)C)cc3)n2)cc1. The van der Waals surface area contributed by atoms with Crippen LogP contribution in [0.25, 0.3) is 0 Å². The predicted octanol–water partition coefficient (Wildman–Crippen LogP) is 7.69. The summed E-state index contributed by atoms with van der Waals surface area (Å²) in [5.41, 5.74) is 2.66. The van der Waals surface area contributed by atoms with Gasteiger partial charge in [-0.3, -0.25) is 0 Å². The van der Waals surface area contributed by atoms with Gasteiger partial charge in [0, 0.05) is 17.6 Å². The van der Waals surface area contributed by atoms with Crippen LogP contribution in [0.4, 0.5) is 36.3 Å². The first kappa shape index (κ1) is 23.6. The van der Waals surface area contributed by atoms with E-state index in [1.165, 1.54) is 5.56 Å². The van der Waals surface area contributed by atoms with Crippen LogP contribution in [-0.4, -0.2) is 9.97 Å². The fourth-order valence-electron chi connectivity index (χ4n) is 3.34. The zero-order chi connectivity index (χ0) is 23.3. The number of anilines is 4. The Kier molecular flexibility index (Phi) is 7.38. The fraction of sp³-hybridized carbons (Fsp3) is 0.360. The van der Waals surface area contributed by atoms with Gasteiger partial charge in [0.05, 0.1) is 0 Å². The van der Waals surface area contributed by atoms with E-state index in [0.29, 0.717) is 23.2 Å². The molecule has 32 heavy (non-hydrogen) atoms. The Labute approximate surface area is 187 Å². The van der Waals surface area contributed by atoms with E-state index in [4.69, 9.17) is 0 Å². The third-order valence-electron chi connectivity index (χ3n) is 5.30. The highest BCUT2D eigenvalue weighted by atomic mass is 19.4. The number of nitrogens with zero attached hydrogens (tertiary/aromatic N) is 2. The minimum absolute atomic E-state index is 0.0909. The molecule has 0 spiro atoms. The van der Waals surface area contributed by atoms with Gasteiger partial charge in [-0.1, -0.05) is 52.0 Å². The molecular weight excluding hydrogens is 413 g/mol. The quantitative estimate of drug-likeness (QED) is 0.375. The lowest BCUT2D eigenvalue weighted by Crippen LogP contribution is -2.12. The van der Waals surface area contributed by atoms with Crippen molar-refractivity contribution >= 4 is 23.1 Å². The van der Waals surface area contributed by atoms with E-state index in [9.17, 15) is 13.2 Å². The average Bonchev–Trinajstić information content (AvgIpc) is 2.74. The number of halogens is 3. The molecule has 170 valence electrons. The lowest BCUT2D eigenvalue weighted by atomic mass is 9.99. The van der Waals surface area contributed by atoms with Crippen molar-refractivity contribution in [1.82, 2.24) is 9.97 Å². The van der Waals surface area contributed by atoms with Crippen LogP contribution >= 0.6 is 0 Å². The second-order valence-electron chi connectivity index (χ2n) is 8.43. The highest BCUT2D eigenvalue weighted by molar-refractivity contribution is 5.63. The van der Waals surface area contributed by atoms with Crippen LogP contribution in [0.2, 0.25) is 0 Å². The maximum atomic E-state index is 13.5. The lowest BCUT2D eigenvalue weighted by molar-refractivity contribution is -0.137. The molecule has 1 aromatic heterocycles. The van der Waals surface area contributed by atoms with Gasteiger partial charge in [0.25, 0.3) is 0 Å². The van der Waals surface area contributed by atoms with E-state index in [1.54, 1.807) is 12.1 Å². The number of aromatic nitrogens is 2. The minimum Gasteiger partial charge on any atom is -0.340 e. The number of nitrogens with one attached hydrogen (secondary N) is 2. The summed E-state index contributed by atoms with van der Waals surface area (Å²) in [7, 11) is 0. The molecule has 0 aliphatic heterocycles. The Morgan fingerprint density at radius 2 is 1.47 bits per heavy atom. The summed E-state index contributed by atoms with van der Waals surface area (Å²) in [6.07, 6.45) is -1.83. The molecule has 0 aliphatic rings. The van der Waals surface area contributed by atoms with Crippen molar-refractivity contribution < 1.29 is 13.2 Å². The Morgan fingerprint density at radius 1 is 0.875 bits per heavy atom. The Morgan fingerprint density at radius 3 is 2.03 bits per heavy atom. The largest absolute Gasteiger partial charge is 0.421 e. The molecule has 0 amide bonds. The van der Waals surface area contributed by atoms with Gasteiger partial charge in [-0.05, 0) is 60.1 Å². The van der Waals surface area contributed by atoms with Crippen molar-refractivity contribution in [2.45, 2.75) is 52.6 Å². The van der Waals surface area contributed by atoms with Gasteiger partial charge in [-0.25, -0.2) is 4.98 Å². The maximum Gasteiger partial charge on any atom is 0.421 e. The number of alkyl halides is 3. The normalized spacial score (nSPS) is 12.6. The lowest BCUT2D eigenvalue weighted by Gasteiger charge is -2.15. The van der Waals surface area contributed by atoms with Crippen LogP contribution in [0.5, 0.6) is 0 Å². The summed E-state index contributed by atoms with van der Waals surface area (Å²) in [4.78, 5) is 8.00. The second-order valence-corrected chi connectivity index (χ2v) is 8.43. The second kappa shape index (κ2) is 10.0. The third kappa shape index (κ3) is 6.22. The number of hydrogen-bond acceptors (Lipinski definition) is 4. The molecule has 2 aromatic carbocycles. The van der Waals surface area contributed by atoms with Gasteiger partial charge in [0.1, 0.15) is 11.4 Å². The van der Waals surface area contributed by atoms with E-state index in [1.807, 2.05) is 36.4 Å². The molecule has 1 heterocycles. The molecule has 3 aromatic rings. The Hall–Kier alpha value is -3.09. The molecule has 7 heteroatoms. The van der Waals surface area contributed by atoms with Crippen molar-refractivity contribution in [3.63, 3.8) is 0 Å². The zero-order valence-corrected chi connectivity index (χ0v) is 18.8.